The van der Waals surface area contributed by atoms with E-state index in [0.717, 1.165) is 38.7 Å². The molecule has 20 heavy (non-hydrogen) atoms. The molecular weight excluding hydrogens is 260 g/mol. The van der Waals surface area contributed by atoms with Gasteiger partial charge in [0.25, 0.3) is 0 Å². The van der Waals surface area contributed by atoms with E-state index >= 15 is 0 Å². The van der Waals surface area contributed by atoms with Crippen molar-refractivity contribution in [3.8, 4) is 0 Å². The molecule has 0 aliphatic carbocycles. The van der Waals surface area contributed by atoms with Gasteiger partial charge in [-0.05, 0) is 44.5 Å². The van der Waals surface area contributed by atoms with Crippen LogP contribution in [0.4, 0.5) is 20.2 Å². The molecule has 2 saturated heterocycles. The number of benzene rings is 1. The van der Waals surface area contributed by atoms with Gasteiger partial charge in [-0.3, -0.25) is 4.90 Å². The minimum absolute atomic E-state index is 0.240. The van der Waals surface area contributed by atoms with Gasteiger partial charge < -0.3 is 10.6 Å². The molecule has 1 aromatic rings. The van der Waals surface area contributed by atoms with Gasteiger partial charge in [-0.1, -0.05) is 6.42 Å². The molecule has 2 heterocycles. The number of likely N-dealkylation sites (tertiary alicyclic amines) is 1. The van der Waals surface area contributed by atoms with Gasteiger partial charge >= 0.3 is 0 Å². The summed E-state index contributed by atoms with van der Waals surface area (Å²) in [4.78, 5) is 4.38. The summed E-state index contributed by atoms with van der Waals surface area (Å²) < 4.78 is 27.4. The van der Waals surface area contributed by atoms with E-state index in [9.17, 15) is 8.78 Å². The maximum absolute atomic E-state index is 14.0. The van der Waals surface area contributed by atoms with Crippen LogP contribution < -0.4 is 10.6 Å². The Morgan fingerprint density at radius 1 is 1.05 bits per heavy atom. The van der Waals surface area contributed by atoms with E-state index in [0.29, 0.717) is 11.7 Å². The Hall–Kier alpha value is -1.36. The number of hydrogen-bond donors (Lipinski definition) is 1. The van der Waals surface area contributed by atoms with Crippen LogP contribution in [0.2, 0.25) is 0 Å². The fraction of sp³-hybridized carbons (Fsp3) is 0.600. The largest absolute Gasteiger partial charge is 0.397 e. The third-order valence-electron chi connectivity index (χ3n) is 4.49. The second kappa shape index (κ2) is 5.56. The van der Waals surface area contributed by atoms with Gasteiger partial charge in [0.05, 0.1) is 11.4 Å². The molecule has 0 spiro atoms. The zero-order chi connectivity index (χ0) is 14.1. The van der Waals surface area contributed by atoms with Crippen LogP contribution in [0, 0.1) is 11.6 Å². The molecule has 2 aliphatic rings. The summed E-state index contributed by atoms with van der Waals surface area (Å²) >= 11 is 0. The Labute approximate surface area is 118 Å². The molecule has 3 nitrogen and oxygen atoms in total. The number of nitrogens with two attached hydrogens (primary N) is 1. The van der Waals surface area contributed by atoms with Crippen molar-refractivity contribution in [2.45, 2.75) is 31.7 Å². The monoisotopic (exact) mass is 281 g/mol. The molecule has 3 rings (SSSR count). The highest BCUT2D eigenvalue weighted by molar-refractivity contribution is 5.69. The SMILES string of the molecule is Nc1ccc(F)c(F)c1N1CCC(N2CCCCC2)C1. The molecule has 110 valence electrons. The first-order chi connectivity index (χ1) is 9.66. The normalized spacial score (nSPS) is 24.3. The van der Waals surface area contributed by atoms with Crippen LogP contribution in [0.1, 0.15) is 25.7 Å². The minimum Gasteiger partial charge on any atom is -0.397 e. The quantitative estimate of drug-likeness (QED) is 0.846. The topological polar surface area (TPSA) is 32.5 Å². The number of piperidine rings is 1. The second-order valence-electron chi connectivity index (χ2n) is 5.78. The van der Waals surface area contributed by atoms with Crippen LogP contribution in [-0.2, 0) is 0 Å². The van der Waals surface area contributed by atoms with Crippen molar-refractivity contribution in [3.63, 3.8) is 0 Å². The van der Waals surface area contributed by atoms with Gasteiger partial charge in [0.15, 0.2) is 11.6 Å². The molecule has 2 aliphatic heterocycles. The summed E-state index contributed by atoms with van der Waals surface area (Å²) in [5.41, 5.74) is 6.39. The lowest BCUT2D eigenvalue weighted by molar-refractivity contribution is 0.175. The van der Waals surface area contributed by atoms with E-state index < -0.39 is 11.6 Å². The number of anilines is 2. The summed E-state index contributed by atoms with van der Waals surface area (Å²) in [5.74, 6) is -1.64. The average molecular weight is 281 g/mol. The summed E-state index contributed by atoms with van der Waals surface area (Å²) in [6, 6.07) is 2.98. The molecule has 0 saturated carbocycles. The highest BCUT2D eigenvalue weighted by Crippen LogP contribution is 2.32. The number of hydrogen-bond acceptors (Lipinski definition) is 3. The number of rotatable bonds is 2. The fourth-order valence-corrected chi connectivity index (χ4v) is 3.40. The Morgan fingerprint density at radius 3 is 2.55 bits per heavy atom. The van der Waals surface area contributed by atoms with Crippen LogP contribution in [-0.4, -0.2) is 37.1 Å². The zero-order valence-corrected chi connectivity index (χ0v) is 11.6. The van der Waals surface area contributed by atoms with E-state index in [1.54, 1.807) is 0 Å². The summed E-state index contributed by atoms with van der Waals surface area (Å²) in [6.07, 6.45) is 4.79. The Bertz CT molecular complexity index is 486. The van der Waals surface area contributed by atoms with Gasteiger partial charge in [0.1, 0.15) is 0 Å². The molecule has 0 radical (unpaired) electrons. The van der Waals surface area contributed by atoms with E-state index in [-0.39, 0.29) is 5.69 Å². The molecule has 1 atom stereocenters. The zero-order valence-electron chi connectivity index (χ0n) is 11.6. The van der Waals surface area contributed by atoms with Crippen molar-refractivity contribution in [2.24, 2.45) is 0 Å². The van der Waals surface area contributed by atoms with Gasteiger partial charge in [-0.15, -0.1) is 0 Å². The highest BCUT2D eigenvalue weighted by atomic mass is 19.2. The number of nitrogen functional groups attached to an aromatic ring is 1. The summed E-state index contributed by atoms with van der Waals surface area (Å²) in [5, 5.41) is 0. The second-order valence-corrected chi connectivity index (χ2v) is 5.78. The molecule has 0 aromatic heterocycles. The van der Waals surface area contributed by atoms with E-state index in [2.05, 4.69) is 4.90 Å². The van der Waals surface area contributed by atoms with Gasteiger partial charge in [-0.2, -0.15) is 0 Å². The maximum atomic E-state index is 14.0. The summed E-state index contributed by atoms with van der Waals surface area (Å²) in [7, 11) is 0. The first-order valence-corrected chi connectivity index (χ1v) is 7.39. The number of nitrogens with zero attached hydrogens (tertiary/aromatic N) is 2. The smallest absolute Gasteiger partial charge is 0.184 e. The lowest BCUT2D eigenvalue weighted by atomic mass is 10.1. The third-order valence-corrected chi connectivity index (χ3v) is 4.49. The lowest BCUT2D eigenvalue weighted by Gasteiger charge is -2.32. The van der Waals surface area contributed by atoms with Gasteiger partial charge in [-0.25, -0.2) is 8.78 Å². The summed E-state index contributed by atoms with van der Waals surface area (Å²) in [6.45, 7) is 3.73. The molecule has 0 bridgehead atoms. The highest BCUT2D eigenvalue weighted by Gasteiger charge is 2.31. The van der Waals surface area contributed by atoms with Gasteiger partial charge in [0.2, 0.25) is 0 Å². The Morgan fingerprint density at radius 2 is 1.80 bits per heavy atom. The van der Waals surface area contributed by atoms with Crippen LogP contribution in [0.3, 0.4) is 0 Å². The van der Waals surface area contributed by atoms with Crippen molar-refractivity contribution in [1.82, 2.24) is 4.90 Å². The van der Waals surface area contributed by atoms with Crippen molar-refractivity contribution >= 4 is 11.4 Å². The van der Waals surface area contributed by atoms with Crippen molar-refractivity contribution < 1.29 is 8.78 Å². The average Bonchev–Trinajstić information content (AvgIpc) is 2.94. The van der Waals surface area contributed by atoms with Gasteiger partial charge in [0, 0.05) is 19.1 Å². The molecule has 1 unspecified atom stereocenters. The lowest BCUT2D eigenvalue weighted by Crippen LogP contribution is -2.41. The molecule has 5 heteroatoms. The van der Waals surface area contributed by atoms with Crippen LogP contribution in [0.15, 0.2) is 12.1 Å². The van der Waals surface area contributed by atoms with Crippen LogP contribution in [0.5, 0.6) is 0 Å². The molecule has 1 aromatic carbocycles. The van der Waals surface area contributed by atoms with Crippen LogP contribution >= 0.6 is 0 Å². The standard InChI is InChI=1S/C15H21F2N3/c16-12-4-5-13(18)15(14(12)17)20-9-6-11(10-20)19-7-2-1-3-8-19/h4-5,11H,1-3,6-10,18H2. The van der Waals surface area contributed by atoms with E-state index in [4.69, 9.17) is 5.73 Å². The molecular formula is C15H21F2N3. The van der Waals surface area contributed by atoms with Crippen LogP contribution in [0.25, 0.3) is 0 Å². The van der Waals surface area contributed by atoms with E-state index in [1.807, 2.05) is 4.90 Å². The third kappa shape index (κ3) is 2.46. The fourth-order valence-electron chi connectivity index (χ4n) is 3.40. The molecule has 2 N–H and O–H groups in total. The predicted molar refractivity (Wildman–Crippen MR) is 76.8 cm³/mol. The van der Waals surface area contributed by atoms with Crippen molar-refractivity contribution in [2.75, 3.05) is 36.8 Å². The maximum Gasteiger partial charge on any atom is 0.184 e. The number of halogens is 2. The first-order valence-electron chi connectivity index (χ1n) is 7.39. The van der Waals surface area contributed by atoms with Crippen molar-refractivity contribution in [3.05, 3.63) is 23.8 Å². The van der Waals surface area contributed by atoms with E-state index in [1.165, 1.54) is 25.3 Å². The molecule has 2 fully saturated rings. The first kappa shape index (κ1) is 13.6. The molecule has 0 amide bonds. The Kier molecular flexibility index (Phi) is 3.78. The predicted octanol–water partition coefficient (Wildman–Crippen LogP) is 2.61. The minimum atomic E-state index is -0.823. The van der Waals surface area contributed by atoms with Crippen molar-refractivity contribution in [1.29, 1.82) is 0 Å². The Balaban J connectivity index is 1.75.